The molecule has 28 heavy (non-hydrogen) atoms. The van der Waals surface area contributed by atoms with E-state index < -0.39 is 11.6 Å². The molecule has 1 aromatic carbocycles. The summed E-state index contributed by atoms with van der Waals surface area (Å²) >= 11 is 1.27. The summed E-state index contributed by atoms with van der Waals surface area (Å²) in [5, 5.41) is 21.5. The summed E-state index contributed by atoms with van der Waals surface area (Å²) < 4.78 is 16.1. The van der Waals surface area contributed by atoms with E-state index in [1.54, 1.807) is 44.6 Å². The number of nitriles is 1. The molecule has 4 rings (SSSR count). The van der Waals surface area contributed by atoms with Crippen molar-refractivity contribution in [3.05, 3.63) is 58.5 Å². The Labute approximate surface area is 166 Å². The van der Waals surface area contributed by atoms with Crippen LogP contribution in [0.25, 0.3) is 0 Å². The molecule has 8 heteroatoms. The molecule has 0 saturated carbocycles. The number of thioether (sulfide) groups is 1. The topological polar surface area (TPSA) is 95.9 Å². The SMILES string of the molecule is COc1ccc(OC)c([C@H]2CC(=O)N3C(=C2C#N)SC[C@@]3(O)c2ccco2)c1. The van der Waals surface area contributed by atoms with Gasteiger partial charge in [-0.2, -0.15) is 5.26 Å². The highest BCUT2D eigenvalue weighted by atomic mass is 32.2. The van der Waals surface area contributed by atoms with Crippen LogP contribution in [0.15, 0.2) is 51.6 Å². The number of nitrogens with zero attached hydrogens (tertiary/aromatic N) is 2. The average molecular weight is 398 g/mol. The first-order valence-electron chi connectivity index (χ1n) is 8.62. The Morgan fingerprint density at radius 3 is 2.82 bits per heavy atom. The van der Waals surface area contributed by atoms with Gasteiger partial charge in [-0.15, -0.1) is 11.8 Å². The van der Waals surface area contributed by atoms with Gasteiger partial charge in [-0.1, -0.05) is 0 Å². The van der Waals surface area contributed by atoms with Crippen LogP contribution in [-0.4, -0.2) is 35.9 Å². The first-order valence-corrected chi connectivity index (χ1v) is 9.60. The average Bonchev–Trinajstić information content (AvgIpc) is 3.37. The van der Waals surface area contributed by atoms with Crippen molar-refractivity contribution in [2.75, 3.05) is 20.0 Å². The van der Waals surface area contributed by atoms with Gasteiger partial charge in [-0.25, -0.2) is 0 Å². The Morgan fingerprint density at radius 1 is 1.36 bits per heavy atom. The second-order valence-electron chi connectivity index (χ2n) is 6.51. The van der Waals surface area contributed by atoms with Crippen molar-refractivity contribution < 1.29 is 23.8 Å². The normalized spacial score (nSPS) is 24.1. The molecule has 2 atom stereocenters. The predicted molar refractivity (Wildman–Crippen MR) is 101 cm³/mol. The molecule has 0 radical (unpaired) electrons. The molecule has 7 nitrogen and oxygen atoms in total. The lowest BCUT2D eigenvalue weighted by Crippen LogP contribution is -2.48. The molecule has 1 aromatic heterocycles. The van der Waals surface area contributed by atoms with Gasteiger partial charge in [0.1, 0.15) is 11.5 Å². The molecule has 2 aromatic rings. The summed E-state index contributed by atoms with van der Waals surface area (Å²) in [6, 6.07) is 10.8. The van der Waals surface area contributed by atoms with E-state index in [-0.39, 0.29) is 23.8 Å². The maximum Gasteiger partial charge on any atom is 0.231 e. The van der Waals surface area contributed by atoms with Crippen LogP contribution in [0, 0.1) is 11.3 Å². The van der Waals surface area contributed by atoms with Gasteiger partial charge in [-0.3, -0.25) is 9.69 Å². The summed E-state index contributed by atoms with van der Waals surface area (Å²) in [6.45, 7) is 0. The fraction of sp³-hybridized carbons (Fsp3) is 0.300. The van der Waals surface area contributed by atoms with Gasteiger partial charge in [0.05, 0.1) is 42.9 Å². The molecule has 3 heterocycles. The number of hydrogen-bond acceptors (Lipinski definition) is 7. The lowest BCUT2D eigenvalue weighted by atomic mass is 9.85. The van der Waals surface area contributed by atoms with Gasteiger partial charge in [-0.05, 0) is 30.3 Å². The summed E-state index contributed by atoms with van der Waals surface area (Å²) in [4.78, 5) is 14.4. The standard InChI is InChI=1S/C20H18N2O5S/c1-25-12-5-6-16(26-2)14(8-12)13-9-18(23)22-19(15(13)10-21)28-11-20(22,24)17-4-3-7-27-17/h3-8,13,24H,9,11H2,1-2H3/t13-,20-/m1/s1. The Bertz CT molecular complexity index is 995. The van der Waals surface area contributed by atoms with Gasteiger partial charge >= 0.3 is 0 Å². The van der Waals surface area contributed by atoms with Gasteiger partial charge in [0.25, 0.3) is 0 Å². The monoisotopic (exact) mass is 398 g/mol. The van der Waals surface area contributed by atoms with E-state index in [0.717, 1.165) is 0 Å². The van der Waals surface area contributed by atoms with Crippen molar-refractivity contribution in [1.82, 2.24) is 4.90 Å². The Kier molecular flexibility index (Phi) is 4.57. The highest BCUT2D eigenvalue weighted by Gasteiger charge is 2.53. The smallest absolute Gasteiger partial charge is 0.231 e. The highest BCUT2D eigenvalue weighted by Crippen LogP contribution is 2.52. The molecule has 0 bridgehead atoms. The van der Waals surface area contributed by atoms with Crippen molar-refractivity contribution in [2.24, 2.45) is 0 Å². The molecule has 2 aliphatic rings. The second-order valence-corrected chi connectivity index (χ2v) is 7.47. The molecule has 0 spiro atoms. The number of amides is 1. The molecule has 2 aliphatic heterocycles. The number of hydrogen-bond donors (Lipinski definition) is 1. The summed E-state index contributed by atoms with van der Waals surface area (Å²) in [5.74, 6) is 0.879. The van der Waals surface area contributed by atoms with Crippen LogP contribution in [0.2, 0.25) is 0 Å². The third-order valence-corrected chi connectivity index (χ3v) is 6.26. The van der Waals surface area contributed by atoms with E-state index in [9.17, 15) is 15.2 Å². The van der Waals surface area contributed by atoms with Crippen LogP contribution >= 0.6 is 11.8 Å². The number of benzene rings is 1. The van der Waals surface area contributed by atoms with Crippen LogP contribution in [0.3, 0.4) is 0 Å². The largest absolute Gasteiger partial charge is 0.497 e. The van der Waals surface area contributed by atoms with Crippen molar-refractivity contribution in [3.8, 4) is 17.6 Å². The van der Waals surface area contributed by atoms with E-state index in [0.29, 0.717) is 27.7 Å². The fourth-order valence-electron chi connectivity index (χ4n) is 3.69. The highest BCUT2D eigenvalue weighted by molar-refractivity contribution is 8.03. The van der Waals surface area contributed by atoms with Gasteiger partial charge in [0, 0.05) is 17.9 Å². The predicted octanol–water partition coefficient (Wildman–Crippen LogP) is 2.94. The summed E-state index contributed by atoms with van der Waals surface area (Å²) in [5.41, 5.74) is -0.488. The zero-order valence-electron chi connectivity index (χ0n) is 15.3. The summed E-state index contributed by atoms with van der Waals surface area (Å²) in [6.07, 6.45) is 1.47. The summed E-state index contributed by atoms with van der Waals surface area (Å²) in [7, 11) is 3.10. The minimum Gasteiger partial charge on any atom is -0.497 e. The van der Waals surface area contributed by atoms with Gasteiger partial charge in [0.2, 0.25) is 11.6 Å². The number of carbonyl (C=O) groups excluding carboxylic acids is 1. The second kappa shape index (κ2) is 6.93. The van der Waals surface area contributed by atoms with Crippen molar-refractivity contribution in [3.63, 3.8) is 0 Å². The van der Waals surface area contributed by atoms with Gasteiger partial charge in [0.15, 0.2) is 5.76 Å². The minimum absolute atomic E-state index is 0.0273. The quantitative estimate of drug-likeness (QED) is 0.846. The minimum atomic E-state index is -1.61. The molecule has 1 amide bonds. The van der Waals surface area contributed by atoms with Crippen molar-refractivity contribution in [2.45, 2.75) is 18.1 Å². The van der Waals surface area contributed by atoms with E-state index in [1.807, 2.05) is 0 Å². The van der Waals surface area contributed by atoms with Crippen LogP contribution < -0.4 is 9.47 Å². The molecule has 0 unspecified atom stereocenters. The van der Waals surface area contributed by atoms with Gasteiger partial charge < -0.3 is 19.0 Å². The zero-order valence-corrected chi connectivity index (χ0v) is 16.2. The number of methoxy groups -OCH3 is 2. The molecular formula is C20H18N2O5S. The Balaban J connectivity index is 1.84. The first kappa shape index (κ1) is 18.5. The lowest BCUT2D eigenvalue weighted by Gasteiger charge is -2.36. The Morgan fingerprint density at radius 2 is 2.18 bits per heavy atom. The Hall–Kier alpha value is -2.89. The van der Waals surface area contributed by atoms with E-state index in [1.165, 1.54) is 22.9 Å². The van der Waals surface area contributed by atoms with Crippen LogP contribution in [0.4, 0.5) is 0 Å². The van der Waals surface area contributed by atoms with Crippen LogP contribution in [0.1, 0.15) is 23.7 Å². The number of rotatable bonds is 4. The molecule has 1 saturated heterocycles. The molecule has 0 aliphatic carbocycles. The van der Waals surface area contributed by atoms with E-state index in [4.69, 9.17) is 13.9 Å². The number of allylic oxidation sites excluding steroid dienone is 1. The van der Waals surface area contributed by atoms with Crippen molar-refractivity contribution >= 4 is 17.7 Å². The number of fused-ring (bicyclic) bond motifs is 1. The van der Waals surface area contributed by atoms with Crippen LogP contribution in [0.5, 0.6) is 11.5 Å². The maximum atomic E-state index is 13.1. The maximum absolute atomic E-state index is 13.1. The first-order chi connectivity index (χ1) is 13.5. The molecule has 144 valence electrons. The third-order valence-electron chi connectivity index (χ3n) is 5.04. The third kappa shape index (κ3) is 2.66. The molecule has 1 fully saturated rings. The number of furan rings is 1. The zero-order chi connectivity index (χ0) is 19.9. The number of ether oxygens (including phenoxy) is 2. The number of carbonyl (C=O) groups is 1. The lowest BCUT2D eigenvalue weighted by molar-refractivity contribution is -0.152. The fourth-order valence-corrected chi connectivity index (χ4v) is 5.03. The molecular weight excluding hydrogens is 380 g/mol. The van der Waals surface area contributed by atoms with E-state index in [2.05, 4.69) is 6.07 Å². The van der Waals surface area contributed by atoms with Crippen molar-refractivity contribution in [1.29, 1.82) is 5.26 Å². The molecule has 1 N–H and O–H groups in total. The van der Waals surface area contributed by atoms with E-state index >= 15 is 0 Å². The number of aliphatic hydroxyl groups is 1. The van der Waals surface area contributed by atoms with Crippen LogP contribution in [-0.2, 0) is 10.5 Å².